The van der Waals surface area contributed by atoms with Gasteiger partial charge in [-0.05, 0) is 48.4 Å². The Morgan fingerprint density at radius 2 is 2.10 bits per heavy atom. The first-order valence-electron chi connectivity index (χ1n) is 7.30. The molecule has 21 heavy (non-hydrogen) atoms. The van der Waals surface area contributed by atoms with E-state index in [-0.39, 0.29) is 0 Å². The highest BCUT2D eigenvalue weighted by Gasteiger charge is 2.14. The van der Waals surface area contributed by atoms with Gasteiger partial charge in [0.2, 0.25) is 0 Å². The molecule has 0 N–H and O–H groups in total. The Labute approximate surface area is 127 Å². The Morgan fingerprint density at radius 1 is 1.24 bits per heavy atom. The predicted octanol–water partition coefficient (Wildman–Crippen LogP) is 4.01. The highest BCUT2D eigenvalue weighted by molar-refractivity contribution is 7.15. The number of aryl methyl sites for hydroxylation is 2. The molecule has 2 heterocycles. The largest absolute Gasteiger partial charge is 0.286 e. The van der Waals surface area contributed by atoms with Crippen molar-refractivity contribution in [1.82, 2.24) is 9.38 Å². The van der Waals surface area contributed by atoms with Gasteiger partial charge >= 0.3 is 0 Å². The first-order chi connectivity index (χ1) is 10.4. The Bertz CT molecular complexity index is 851. The monoisotopic (exact) mass is 293 g/mol. The fraction of sp³-hybridized carbons (Fsp3) is 0.294. The van der Waals surface area contributed by atoms with E-state index in [2.05, 4.69) is 39.0 Å². The molecule has 0 aliphatic heterocycles. The lowest BCUT2D eigenvalue weighted by molar-refractivity contribution is 0.686. The van der Waals surface area contributed by atoms with Gasteiger partial charge in [0.15, 0.2) is 4.96 Å². The van der Waals surface area contributed by atoms with Gasteiger partial charge in [0.25, 0.3) is 0 Å². The summed E-state index contributed by atoms with van der Waals surface area (Å²) >= 11 is 1.64. The van der Waals surface area contributed by atoms with Crippen LogP contribution in [0.2, 0.25) is 0 Å². The van der Waals surface area contributed by atoms with E-state index >= 15 is 0 Å². The molecule has 0 spiro atoms. The minimum atomic E-state index is 0.399. The van der Waals surface area contributed by atoms with E-state index < -0.39 is 0 Å². The molecule has 4 rings (SSSR count). The number of hydrogen-bond acceptors (Lipinski definition) is 3. The van der Waals surface area contributed by atoms with Crippen LogP contribution >= 0.6 is 11.3 Å². The number of nitrogens with zero attached hydrogens (tertiary/aromatic N) is 3. The number of rotatable bonds is 2. The van der Waals surface area contributed by atoms with Crippen LogP contribution in [0.3, 0.4) is 0 Å². The SMILES string of the molecule is N#CCc1cnc2scc(-c3ccc4c(c3)CCCC4)n12. The Kier molecular flexibility index (Phi) is 3.01. The lowest BCUT2D eigenvalue weighted by Crippen LogP contribution is -2.02. The number of hydrogen-bond donors (Lipinski definition) is 0. The quantitative estimate of drug-likeness (QED) is 0.716. The van der Waals surface area contributed by atoms with Crippen molar-refractivity contribution in [3.8, 4) is 17.3 Å². The van der Waals surface area contributed by atoms with Gasteiger partial charge in [0.05, 0.1) is 30.1 Å². The predicted molar refractivity (Wildman–Crippen MR) is 84.5 cm³/mol. The number of benzene rings is 1. The smallest absolute Gasteiger partial charge is 0.194 e. The third kappa shape index (κ3) is 2.05. The number of aromatic nitrogens is 2. The molecule has 0 bridgehead atoms. The number of nitriles is 1. The lowest BCUT2D eigenvalue weighted by Gasteiger charge is -2.16. The third-order valence-corrected chi connectivity index (χ3v) is 5.06. The van der Waals surface area contributed by atoms with Crippen molar-refractivity contribution in [2.45, 2.75) is 32.1 Å². The maximum absolute atomic E-state index is 8.97. The van der Waals surface area contributed by atoms with Crippen molar-refractivity contribution >= 4 is 16.3 Å². The topological polar surface area (TPSA) is 41.1 Å². The van der Waals surface area contributed by atoms with E-state index in [9.17, 15) is 0 Å². The van der Waals surface area contributed by atoms with Gasteiger partial charge in [-0.1, -0.05) is 12.1 Å². The molecular formula is C17H15N3S. The maximum atomic E-state index is 8.97. The minimum absolute atomic E-state index is 0.399. The molecule has 4 heteroatoms. The summed E-state index contributed by atoms with van der Waals surface area (Å²) in [6, 6.07) is 9.03. The number of fused-ring (bicyclic) bond motifs is 2. The average Bonchev–Trinajstić information content (AvgIpc) is 3.10. The van der Waals surface area contributed by atoms with Gasteiger partial charge in [0.1, 0.15) is 0 Å². The van der Waals surface area contributed by atoms with Crippen LogP contribution in [0.5, 0.6) is 0 Å². The molecule has 0 unspecified atom stereocenters. The molecule has 1 aliphatic carbocycles. The van der Waals surface area contributed by atoms with E-state index in [4.69, 9.17) is 5.26 Å². The van der Waals surface area contributed by atoms with Gasteiger partial charge < -0.3 is 0 Å². The summed E-state index contributed by atoms with van der Waals surface area (Å²) in [5, 5.41) is 11.1. The molecule has 0 radical (unpaired) electrons. The Morgan fingerprint density at radius 3 is 2.95 bits per heavy atom. The van der Waals surface area contributed by atoms with Crippen LogP contribution in [0.4, 0.5) is 0 Å². The zero-order valence-corrected chi connectivity index (χ0v) is 12.5. The first kappa shape index (κ1) is 12.6. The molecule has 3 nitrogen and oxygen atoms in total. The molecule has 0 atom stereocenters. The van der Waals surface area contributed by atoms with Crippen molar-refractivity contribution in [2.75, 3.05) is 0 Å². The van der Waals surface area contributed by atoms with Crippen LogP contribution in [-0.4, -0.2) is 9.38 Å². The van der Waals surface area contributed by atoms with Crippen LogP contribution in [0, 0.1) is 11.3 Å². The molecule has 2 aromatic heterocycles. The fourth-order valence-electron chi connectivity index (χ4n) is 3.17. The molecule has 0 saturated carbocycles. The summed E-state index contributed by atoms with van der Waals surface area (Å²) in [5.74, 6) is 0. The second-order valence-corrected chi connectivity index (χ2v) is 6.35. The van der Waals surface area contributed by atoms with Crippen LogP contribution in [0.25, 0.3) is 16.2 Å². The van der Waals surface area contributed by atoms with Crippen molar-refractivity contribution < 1.29 is 0 Å². The second kappa shape index (κ2) is 5.01. The number of thiazole rings is 1. The van der Waals surface area contributed by atoms with Crippen molar-refractivity contribution in [2.24, 2.45) is 0 Å². The molecule has 0 saturated heterocycles. The molecule has 104 valence electrons. The van der Waals surface area contributed by atoms with Gasteiger partial charge in [-0.3, -0.25) is 4.40 Å². The zero-order chi connectivity index (χ0) is 14.2. The van der Waals surface area contributed by atoms with E-state index in [1.165, 1.54) is 42.4 Å². The van der Waals surface area contributed by atoms with Crippen LogP contribution in [0.1, 0.15) is 29.7 Å². The fourth-order valence-corrected chi connectivity index (χ4v) is 4.06. The first-order valence-corrected chi connectivity index (χ1v) is 8.18. The van der Waals surface area contributed by atoms with Crippen molar-refractivity contribution in [3.05, 3.63) is 46.6 Å². The van der Waals surface area contributed by atoms with Crippen molar-refractivity contribution in [3.63, 3.8) is 0 Å². The van der Waals surface area contributed by atoms with E-state index in [1.54, 1.807) is 11.3 Å². The Balaban J connectivity index is 1.86. The van der Waals surface area contributed by atoms with E-state index in [0.29, 0.717) is 6.42 Å². The normalized spacial score (nSPS) is 14.0. The Hall–Kier alpha value is -2.12. The second-order valence-electron chi connectivity index (χ2n) is 5.51. The molecule has 1 aliphatic rings. The number of imidazole rings is 1. The van der Waals surface area contributed by atoms with Crippen LogP contribution < -0.4 is 0 Å². The molecule has 1 aromatic carbocycles. The third-order valence-electron chi connectivity index (χ3n) is 4.22. The van der Waals surface area contributed by atoms with Gasteiger partial charge in [-0.25, -0.2) is 4.98 Å². The van der Waals surface area contributed by atoms with Gasteiger partial charge in [-0.2, -0.15) is 5.26 Å². The summed E-state index contributed by atoms with van der Waals surface area (Å²) in [5.41, 5.74) is 6.35. The zero-order valence-electron chi connectivity index (χ0n) is 11.7. The van der Waals surface area contributed by atoms with Crippen LogP contribution in [-0.2, 0) is 19.3 Å². The molecule has 3 aromatic rings. The van der Waals surface area contributed by atoms with E-state index in [1.807, 2.05) is 6.20 Å². The molecule has 0 amide bonds. The van der Waals surface area contributed by atoms with Crippen LogP contribution in [0.15, 0.2) is 29.8 Å². The summed E-state index contributed by atoms with van der Waals surface area (Å²) < 4.78 is 2.12. The van der Waals surface area contributed by atoms with Gasteiger partial charge in [0, 0.05) is 5.38 Å². The van der Waals surface area contributed by atoms with Gasteiger partial charge in [-0.15, -0.1) is 11.3 Å². The lowest BCUT2D eigenvalue weighted by atomic mass is 9.90. The molecular weight excluding hydrogens is 278 g/mol. The minimum Gasteiger partial charge on any atom is -0.286 e. The summed E-state index contributed by atoms with van der Waals surface area (Å²) in [7, 11) is 0. The standard InChI is InChI=1S/C17H15N3S/c18-8-7-15-10-19-17-20(15)16(11-21-17)14-6-5-12-3-1-2-4-13(12)9-14/h5-6,9-11H,1-4,7H2. The highest BCUT2D eigenvalue weighted by atomic mass is 32.1. The molecule has 0 fully saturated rings. The highest BCUT2D eigenvalue weighted by Crippen LogP contribution is 2.31. The van der Waals surface area contributed by atoms with E-state index in [0.717, 1.165) is 16.3 Å². The average molecular weight is 293 g/mol. The summed E-state index contributed by atoms with van der Waals surface area (Å²) in [6.07, 6.45) is 7.21. The maximum Gasteiger partial charge on any atom is 0.194 e. The summed E-state index contributed by atoms with van der Waals surface area (Å²) in [6.45, 7) is 0. The summed E-state index contributed by atoms with van der Waals surface area (Å²) in [4.78, 5) is 5.37. The van der Waals surface area contributed by atoms with Crippen molar-refractivity contribution in [1.29, 1.82) is 5.26 Å².